The van der Waals surface area contributed by atoms with Crippen LogP contribution in [0.4, 0.5) is 0 Å². The minimum atomic E-state index is -0.457. The highest BCUT2D eigenvalue weighted by Crippen LogP contribution is 2.65. The van der Waals surface area contributed by atoms with Crippen molar-refractivity contribution in [1.29, 1.82) is 0 Å². The molecule has 4 aliphatic rings. The lowest BCUT2D eigenvalue weighted by Gasteiger charge is -2.61. The zero-order valence-electron chi connectivity index (χ0n) is 13.4. The van der Waals surface area contributed by atoms with Gasteiger partial charge in [-0.15, -0.1) is 0 Å². The highest BCUT2D eigenvalue weighted by molar-refractivity contribution is 5.84. The highest BCUT2D eigenvalue weighted by atomic mass is 16.3. The zero-order valence-corrected chi connectivity index (χ0v) is 13.4. The van der Waals surface area contributed by atoms with E-state index < -0.39 is 5.54 Å². The number of carbonyl (C=O) groups excluding carboxylic acids is 1. The molecule has 0 aromatic heterocycles. The molecular weight excluding hydrogens is 250 g/mol. The molecule has 4 rings (SSSR count). The van der Waals surface area contributed by atoms with Gasteiger partial charge in [-0.25, -0.2) is 0 Å². The van der Waals surface area contributed by atoms with Gasteiger partial charge in [0.25, 0.3) is 0 Å². The standard InChI is InChI=1S/C17H29NO2/c1-15(2,11-19)18(4)14(20)17-8-12-5-13(9-17)7-16(3,6-12)10-17/h12-13,19H,5-11H2,1-4H3. The maximum atomic E-state index is 13.2. The third-order valence-corrected chi connectivity index (χ3v) is 6.41. The van der Waals surface area contributed by atoms with Crippen LogP contribution < -0.4 is 0 Å². The maximum Gasteiger partial charge on any atom is 0.229 e. The molecule has 0 spiro atoms. The van der Waals surface area contributed by atoms with E-state index in [1.54, 1.807) is 0 Å². The van der Waals surface area contributed by atoms with Crippen LogP contribution in [0.5, 0.6) is 0 Å². The Morgan fingerprint density at radius 1 is 1.25 bits per heavy atom. The normalized spacial score (nSPS) is 42.9. The molecule has 4 bridgehead atoms. The van der Waals surface area contributed by atoms with Gasteiger partial charge in [0.2, 0.25) is 5.91 Å². The SMILES string of the molecule is CN(C(=O)C12CC3CC(CC(C)(C3)C1)C2)C(C)(C)CO. The minimum absolute atomic E-state index is 0.0233. The van der Waals surface area contributed by atoms with Crippen molar-refractivity contribution < 1.29 is 9.90 Å². The summed E-state index contributed by atoms with van der Waals surface area (Å²) in [5.74, 6) is 1.81. The fourth-order valence-electron chi connectivity index (χ4n) is 5.71. The Labute approximate surface area is 122 Å². The van der Waals surface area contributed by atoms with Crippen molar-refractivity contribution in [2.75, 3.05) is 13.7 Å². The number of carbonyl (C=O) groups is 1. The van der Waals surface area contributed by atoms with Crippen molar-refractivity contribution in [3.8, 4) is 0 Å². The lowest BCUT2D eigenvalue weighted by molar-refractivity contribution is -0.170. The first-order valence-corrected chi connectivity index (χ1v) is 8.09. The molecule has 20 heavy (non-hydrogen) atoms. The number of aliphatic hydroxyl groups is 1. The molecule has 0 aromatic rings. The van der Waals surface area contributed by atoms with E-state index in [1.165, 1.54) is 19.3 Å². The first-order chi connectivity index (χ1) is 9.20. The molecule has 0 saturated heterocycles. The summed E-state index contributed by atoms with van der Waals surface area (Å²) in [6.45, 7) is 6.32. The Morgan fingerprint density at radius 2 is 1.80 bits per heavy atom. The van der Waals surface area contributed by atoms with Crippen LogP contribution >= 0.6 is 0 Å². The third kappa shape index (κ3) is 2.01. The average Bonchev–Trinajstić information content (AvgIpc) is 2.34. The smallest absolute Gasteiger partial charge is 0.229 e. The second-order valence-corrected chi connectivity index (χ2v) is 8.89. The number of rotatable bonds is 3. The minimum Gasteiger partial charge on any atom is -0.394 e. The number of aliphatic hydroxyl groups excluding tert-OH is 1. The van der Waals surface area contributed by atoms with Crippen LogP contribution in [0, 0.1) is 22.7 Å². The van der Waals surface area contributed by atoms with Crippen molar-refractivity contribution >= 4 is 5.91 Å². The number of hydrogen-bond acceptors (Lipinski definition) is 2. The molecule has 2 atom stereocenters. The quantitative estimate of drug-likeness (QED) is 0.863. The molecule has 1 N–H and O–H groups in total. The number of hydrogen-bond donors (Lipinski definition) is 1. The van der Waals surface area contributed by atoms with Gasteiger partial charge < -0.3 is 10.0 Å². The van der Waals surface area contributed by atoms with Gasteiger partial charge in [-0.3, -0.25) is 4.79 Å². The van der Waals surface area contributed by atoms with Crippen LogP contribution in [0.3, 0.4) is 0 Å². The topological polar surface area (TPSA) is 40.5 Å². The van der Waals surface area contributed by atoms with Crippen LogP contribution in [0.1, 0.15) is 59.3 Å². The second kappa shape index (κ2) is 4.22. The molecule has 0 aromatic carbocycles. The van der Waals surface area contributed by atoms with E-state index in [0.717, 1.165) is 31.1 Å². The van der Waals surface area contributed by atoms with E-state index in [4.69, 9.17) is 0 Å². The van der Waals surface area contributed by atoms with E-state index >= 15 is 0 Å². The Morgan fingerprint density at radius 3 is 2.25 bits per heavy atom. The zero-order chi connectivity index (χ0) is 14.8. The lowest BCUT2D eigenvalue weighted by Crippen LogP contribution is -2.60. The van der Waals surface area contributed by atoms with Gasteiger partial charge in [0.1, 0.15) is 0 Å². The van der Waals surface area contributed by atoms with Crippen LogP contribution in [0.15, 0.2) is 0 Å². The molecule has 4 aliphatic carbocycles. The molecule has 2 unspecified atom stereocenters. The summed E-state index contributed by atoms with van der Waals surface area (Å²) in [5.41, 5.74) is -0.189. The fraction of sp³-hybridized carbons (Fsp3) is 0.941. The van der Waals surface area contributed by atoms with E-state index in [1.807, 2.05) is 25.8 Å². The Kier molecular flexibility index (Phi) is 3.03. The molecule has 1 amide bonds. The molecule has 114 valence electrons. The molecule has 0 radical (unpaired) electrons. The van der Waals surface area contributed by atoms with E-state index in [2.05, 4.69) is 6.92 Å². The van der Waals surface area contributed by atoms with E-state index in [0.29, 0.717) is 5.41 Å². The van der Waals surface area contributed by atoms with Crippen LogP contribution in [0.25, 0.3) is 0 Å². The van der Waals surface area contributed by atoms with Gasteiger partial charge in [0.15, 0.2) is 0 Å². The summed E-state index contributed by atoms with van der Waals surface area (Å²) < 4.78 is 0. The Bertz CT molecular complexity index is 415. The van der Waals surface area contributed by atoms with Crippen molar-refractivity contribution in [1.82, 2.24) is 4.90 Å². The Balaban J connectivity index is 1.88. The van der Waals surface area contributed by atoms with Gasteiger partial charge in [0, 0.05) is 7.05 Å². The first-order valence-electron chi connectivity index (χ1n) is 8.09. The van der Waals surface area contributed by atoms with Gasteiger partial charge in [0.05, 0.1) is 17.6 Å². The summed E-state index contributed by atoms with van der Waals surface area (Å²) in [7, 11) is 1.87. The van der Waals surface area contributed by atoms with Gasteiger partial charge in [-0.05, 0) is 69.6 Å². The summed E-state index contributed by atoms with van der Waals surface area (Å²) in [6, 6.07) is 0. The predicted octanol–water partition coefficient (Wildman–Crippen LogP) is 2.82. The number of amides is 1. The molecule has 4 saturated carbocycles. The summed E-state index contributed by atoms with van der Waals surface area (Å²) in [4.78, 5) is 15.0. The maximum absolute atomic E-state index is 13.2. The predicted molar refractivity (Wildman–Crippen MR) is 79.2 cm³/mol. The van der Waals surface area contributed by atoms with Gasteiger partial charge >= 0.3 is 0 Å². The molecule has 4 fully saturated rings. The second-order valence-electron chi connectivity index (χ2n) is 8.89. The molecule has 0 heterocycles. The van der Waals surface area contributed by atoms with Crippen LogP contribution in [-0.2, 0) is 4.79 Å². The molecule has 3 nitrogen and oxygen atoms in total. The van der Waals surface area contributed by atoms with E-state index in [9.17, 15) is 9.90 Å². The molecule has 0 aliphatic heterocycles. The van der Waals surface area contributed by atoms with Gasteiger partial charge in [-0.1, -0.05) is 6.92 Å². The third-order valence-electron chi connectivity index (χ3n) is 6.41. The summed E-state index contributed by atoms with van der Waals surface area (Å²) >= 11 is 0. The lowest BCUT2D eigenvalue weighted by atomic mass is 9.44. The fourth-order valence-corrected chi connectivity index (χ4v) is 5.71. The first kappa shape index (κ1) is 14.4. The van der Waals surface area contributed by atoms with Crippen LogP contribution in [-0.4, -0.2) is 35.1 Å². The summed E-state index contributed by atoms with van der Waals surface area (Å²) in [5, 5.41) is 9.55. The van der Waals surface area contributed by atoms with Crippen molar-refractivity contribution in [2.45, 2.75) is 64.8 Å². The Hall–Kier alpha value is -0.570. The van der Waals surface area contributed by atoms with Gasteiger partial charge in [-0.2, -0.15) is 0 Å². The van der Waals surface area contributed by atoms with E-state index in [-0.39, 0.29) is 17.9 Å². The van der Waals surface area contributed by atoms with Crippen LogP contribution in [0.2, 0.25) is 0 Å². The van der Waals surface area contributed by atoms with Crippen molar-refractivity contribution in [3.05, 3.63) is 0 Å². The summed E-state index contributed by atoms with van der Waals surface area (Å²) in [6.07, 6.45) is 7.24. The van der Waals surface area contributed by atoms with Crippen molar-refractivity contribution in [3.63, 3.8) is 0 Å². The molecule has 3 heteroatoms. The molecular formula is C17H29NO2. The van der Waals surface area contributed by atoms with Crippen molar-refractivity contribution in [2.24, 2.45) is 22.7 Å². The monoisotopic (exact) mass is 279 g/mol. The highest BCUT2D eigenvalue weighted by Gasteiger charge is 2.59. The largest absolute Gasteiger partial charge is 0.394 e. The average molecular weight is 279 g/mol. The number of nitrogens with zero attached hydrogens (tertiary/aromatic N) is 1. The number of likely N-dealkylation sites (N-methyl/N-ethyl adjacent to an activating group) is 1.